The van der Waals surface area contributed by atoms with Crippen molar-refractivity contribution in [3.05, 3.63) is 0 Å². The van der Waals surface area contributed by atoms with Gasteiger partial charge in [0.1, 0.15) is 0 Å². The smallest absolute Gasteiger partial charge is 0.222 e. The molecule has 0 aromatic rings. The molecular weight excluding hydrogens is 234 g/mol. The summed E-state index contributed by atoms with van der Waals surface area (Å²) in [5.74, 6) is 1.65. The van der Waals surface area contributed by atoms with Gasteiger partial charge in [0.05, 0.1) is 0 Å². The van der Waals surface area contributed by atoms with Crippen LogP contribution in [0.25, 0.3) is 0 Å². The quantitative estimate of drug-likeness (QED) is 0.592. The maximum atomic E-state index is 12.2. The molecule has 0 aromatic heterocycles. The summed E-state index contributed by atoms with van der Waals surface area (Å²) in [6.45, 7) is 17.4. The van der Waals surface area contributed by atoms with E-state index in [0.29, 0.717) is 29.6 Å². The van der Waals surface area contributed by atoms with Crippen molar-refractivity contribution in [2.75, 3.05) is 13.1 Å². The molecule has 1 amide bonds. The first kappa shape index (κ1) is 18.5. The molecule has 1 unspecified atom stereocenters. The molecule has 0 saturated heterocycles. The third kappa shape index (κ3) is 6.98. The minimum atomic E-state index is 0.320. The van der Waals surface area contributed by atoms with Gasteiger partial charge < -0.3 is 4.90 Å². The highest BCUT2D eigenvalue weighted by Gasteiger charge is 2.25. The first-order valence-corrected chi connectivity index (χ1v) is 8.02. The van der Waals surface area contributed by atoms with Crippen LogP contribution < -0.4 is 0 Å². The summed E-state index contributed by atoms with van der Waals surface area (Å²) in [7, 11) is 0. The Morgan fingerprint density at radius 1 is 1.16 bits per heavy atom. The summed E-state index contributed by atoms with van der Waals surface area (Å²) in [5.41, 5.74) is 0.320. The minimum absolute atomic E-state index is 0.320. The molecular formula is C17H35NO. The van der Waals surface area contributed by atoms with Gasteiger partial charge >= 0.3 is 0 Å². The molecule has 0 aromatic carbocycles. The number of rotatable bonds is 9. The third-order valence-electron chi connectivity index (χ3n) is 4.64. The number of amides is 1. The number of hydrogen-bond donors (Lipinski definition) is 0. The van der Waals surface area contributed by atoms with Crippen LogP contribution >= 0.6 is 0 Å². The number of nitrogens with zero attached hydrogens (tertiary/aromatic N) is 1. The number of carbonyl (C=O) groups is 1. The van der Waals surface area contributed by atoms with E-state index in [2.05, 4.69) is 48.5 Å². The van der Waals surface area contributed by atoms with Crippen LogP contribution in [-0.2, 0) is 4.79 Å². The van der Waals surface area contributed by atoms with E-state index in [1.54, 1.807) is 0 Å². The maximum Gasteiger partial charge on any atom is 0.222 e. The van der Waals surface area contributed by atoms with Gasteiger partial charge in [-0.05, 0) is 37.0 Å². The normalized spacial score (nSPS) is 13.7. The van der Waals surface area contributed by atoms with E-state index in [1.807, 2.05) is 4.90 Å². The van der Waals surface area contributed by atoms with E-state index >= 15 is 0 Å². The monoisotopic (exact) mass is 269 g/mol. The molecule has 0 fully saturated rings. The van der Waals surface area contributed by atoms with E-state index < -0.39 is 0 Å². The van der Waals surface area contributed by atoms with Crippen molar-refractivity contribution in [2.45, 2.75) is 74.1 Å². The Balaban J connectivity index is 4.29. The molecule has 0 bridgehead atoms. The second-order valence-electron chi connectivity index (χ2n) is 6.95. The molecule has 0 aliphatic heterocycles. The van der Waals surface area contributed by atoms with Crippen molar-refractivity contribution in [3.8, 4) is 0 Å². The summed E-state index contributed by atoms with van der Waals surface area (Å²) in [4.78, 5) is 14.2. The Morgan fingerprint density at radius 3 is 2.16 bits per heavy atom. The second-order valence-corrected chi connectivity index (χ2v) is 6.95. The Kier molecular flexibility index (Phi) is 8.36. The van der Waals surface area contributed by atoms with E-state index in [4.69, 9.17) is 0 Å². The van der Waals surface area contributed by atoms with Crippen molar-refractivity contribution < 1.29 is 4.79 Å². The zero-order valence-electron chi connectivity index (χ0n) is 14.3. The van der Waals surface area contributed by atoms with Crippen LogP contribution in [0.4, 0.5) is 0 Å². The summed E-state index contributed by atoms with van der Waals surface area (Å²) < 4.78 is 0. The molecule has 0 N–H and O–H groups in total. The van der Waals surface area contributed by atoms with Crippen molar-refractivity contribution in [3.63, 3.8) is 0 Å². The molecule has 0 aliphatic carbocycles. The topological polar surface area (TPSA) is 20.3 Å². The van der Waals surface area contributed by atoms with Gasteiger partial charge in [0, 0.05) is 19.5 Å². The fourth-order valence-corrected chi connectivity index (χ4v) is 2.25. The Morgan fingerprint density at radius 2 is 1.74 bits per heavy atom. The number of hydrogen-bond acceptors (Lipinski definition) is 1. The first-order valence-electron chi connectivity index (χ1n) is 8.02. The molecule has 0 saturated carbocycles. The molecule has 0 spiro atoms. The van der Waals surface area contributed by atoms with Gasteiger partial charge in [-0.2, -0.15) is 0 Å². The largest absolute Gasteiger partial charge is 0.343 e. The van der Waals surface area contributed by atoms with Gasteiger partial charge in [-0.15, -0.1) is 0 Å². The molecule has 1 atom stereocenters. The molecule has 114 valence electrons. The predicted octanol–water partition coefficient (Wildman–Crippen LogP) is 4.73. The average molecular weight is 269 g/mol. The summed E-state index contributed by atoms with van der Waals surface area (Å²) in [6.07, 6.45) is 4.02. The van der Waals surface area contributed by atoms with Gasteiger partial charge in [-0.3, -0.25) is 4.79 Å². The van der Waals surface area contributed by atoms with Gasteiger partial charge in [0.25, 0.3) is 0 Å². The van der Waals surface area contributed by atoms with Crippen LogP contribution in [0.15, 0.2) is 0 Å². The molecule has 2 nitrogen and oxygen atoms in total. The fourth-order valence-electron chi connectivity index (χ4n) is 2.25. The zero-order valence-corrected chi connectivity index (χ0v) is 14.3. The Bertz CT molecular complexity index is 258. The van der Waals surface area contributed by atoms with E-state index in [1.165, 1.54) is 6.42 Å². The Labute approximate surface area is 120 Å². The van der Waals surface area contributed by atoms with E-state index in [9.17, 15) is 4.79 Å². The van der Waals surface area contributed by atoms with Crippen LogP contribution in [0.2, 0.25) is 0 Å². The average Bonchev–Trinajstić information content (AvgIpc) is 2.35. The standard InChI is InChI=1S/C17H35NO/c1-8-15(5)17(6,7)12-13-18(9-2)16(19)11-10-14(3)4/h14-15H,8-13H2,1-7H3. The third-order valence-corrected chi connectivity index (χ3v) is 4.64. The van der Waals surface area contributed by atoms with Crippen LogP contribution in [0.3, 0.4) is 0 Å². The van der Waals surface area contributed by atoms with Crippen molar-refractivity contribution in [1.29, 1.82) is 0 Å². The highest BCUT2D eigenvalue weighted by Crippen LogP contribution is 2.32. The van der Waals surface area contributed by atoms with Crippen LogP contribution in [0, 0.1) is 17.3 Å². The van der Waals surface area contributed by atoms with Crippen molar-refractivity contribution >= 4 is 5.91 Å². The lowest BCUT2D eigenvalue weighted by Gasteiger charge is -2.34. The predicted molar refractivity (Wildman–Crippen MR) is 84.2 cm³/mol. The first-order chi connectivity index (χ1) is 8.74. The summed E-state index contributed by atoms with van der Waals surface area (Å²) >= 11 is 0. The zero-order chi connectivity index (χ0) is 15.1. The van der Waals surface area contributed by atoms with Gasteiger partial charge in [-0.1, -0.05) is 48.0 Å². The number of carbonyl (C=O) groups excluding carboxylic acids is 1. The maximum absolute atomic E-state index is 12.2. The van der Waals surface area contributed by atoms with Crippen molar-refractivity contribution in [1.82, 2.24) is 4.90 Å². The van der Waals surface area contributed by atoms with E-state index in [0.717, 1.165) is 25.9 Å². The van der Waals surface area contributed by atoms with E-state index in [-0.39, 0.29) is 0 Å². The van der Waals surface area contributed by atoms with Gasteiger partial charge in [0.15, 0.2) is 0 Å². The molecule has 0 radical (unpaired) electrons. The SMILES string of the molecule is CCC(C)C(C)(C)CCN(CC)C(=O)CCC(C)C. The summed E-state index contributed by atoms with van der Waals surface area (Å²) in [5, 5.41) is 0. The van der Waals surface area contributed by atoms with Gasteiger partial charge in [0.2, 0.25) is 5.91 Å². The molecule has 0 rings (SSSR count). The van der Waals surface area contributed by atoms with Crippen molar-refractivity contribution in [2.24, 2.45) is 17.3 Å². The van der Waals surface area contributed by atoms with Gasteiger partial charge in [-0.25, -0.2) is 0 Å². The lowest BCUT2D eigenvalue weighted by molar-refractivity contribution is -0.131. The lowest BCUT2D eigenvalue weighted by atomic mass is 9.76. The molecule has 0 aliphatic rings. The lowest BCUT2D eigenvalue weighted by Crippen LogP contribution is -2.35. The highest BCUT2D eigenvalue weighted by atomic mass is 16.2. The Hall–Kier alpha value is -0.530. The van der Waals surface area contributed by atoms with Crippen LogP contribution in [0.1, 0.15) is 74.1 Å². The minimum Gasteiger partial charge on any atom is -0.343 e. The van der Waals surface area contributed by atoms with Crippen LogP contribution in [-0.4, -0.2) is 23.9 Å². The highest BCUT2D eigenvalue weighted by molar-refractivity contribution is 5.76. The molecule has 2 heteroatoms. The second kappa shape index (κ2) is 8.60. The fraction of sp³-hybridized carbons (Fsp3) is 0.941. The summed E-state index contributed by atoms with van der Waals surface area (Å²) in [6, 6.07) is 0. The van der Waals surface area contributed by atoms with Crippen LogP contribution in [0.5, 0.6) is 0 Å². The molecule has 0 heterocycles. The molecule has 19 heavy (non-hydrogen) atoms.